The zero-order valence-corrected chi connectivity index (χ0v) is 14.3. The Balaban J connectivity index is 0.000000243. The second-order valence-corrected chi connectivity index (χ2v) is 4.63. The van der Waals surface area contributed by atoms with Crippen molar-refractivity contribution in [3.63, 3.8) is 0 Å². The van der Waals surface area contributed by atoms with Crippen molar-refractivity contribution in [2.24, 2.45) is 0 Å². The summed E-state index contributed by atoms with van der Waals surface area (Å²) in [5, 5.41) is 8.51. The number of nitrogen functional groups attached to an aromatic ring is 1. The monoisotopic (exact) mass is 332 g/mol. The molecule has 0 unspecified atom stereocenters. The lowest BCUT2D eigenvalue weighted by Gasteiger charge is -2.08. The molecule has 2 aromatic carbocycles. The molecule has 130 valence electrons. The number of amides is 1. The molecule has 0 saturated heterocycles. The van der Waals surface area contributed by atoms with Crippen molar-refractivity contribution < 1.29 is 14.3 Å². The number of methoxy groups -OCH3 is 2. The predicted octanol–water partition coefficient (Wildman–Crippen LogP) is 2.62. The third-order valence-electron chi connectivity index (χ3n) is 3.22. The van der Waals surface area contributed by atoms with Gasteiger partial charge in [0.25, 0.3) is 0 Å². The first kappa shape index (κ1) is 19.0. The van der Waals surface area contributed by atoms with Gasteiger partial charge in [-0.25, -0.2) is 0 Å². The summed E-state index contributed by atoms with van der Waals surface area (Å²) in [5.74, 6) is 1.36. The summed E-state index contributed by atoms with van der Waals surface area (Å²) >= 11 is 0. The van der Waals surface area contributed by atoms with E-state index in [1.165, 1.54) is 0 Å². The van der Waals surface area contributed by atoms with E-state index < -0.39 is 0 Å². The number of carbonyl (C=O) groups is 1. The Hall–Kier alpha value is -3.09. The molecule has 0 fully saturated rings. The van der Waals surface area contributed by atoms with Crippen LogP contribution in [0.2, 0.25) is 0 Å². The lowest BCUT2D eigenvalue weighted by Crippen LogP contribution is -1.98. The van der Waals surface area contributed by atoms with Crippen molar-refractivity contribution in [2.75, 3.05) is 50.0 Å². The van der Waals surface area contributed by atoms with Gasteiger partial charge in [0.15, 0.2) is 0 Å². The van der Waals surface area contributed by atoms with Crippen molar-refractivity contribution >= 4 is 29.2 Å². The molecule has 2 rings (SSSR count). The quantitative estimate of drug-likeness (QED) is 0.479. The van der Waals surface area contributed by atoms with E-state index in [0.29, 0.717) is 29.3 Å². The Bertz CT molecular complexity index is 662. The minimum atomic E-state index is 0.622. The van der Waals surface area contributed by atoms with Crippen molar-refractivity contribution in [1.82, 2.24) is 0 Å². The number of anilines is 4. The summed E-state index contributed by atoms with van der Waals surface area (Å²) in [6, 6.07) is 11.0. The molecule has 0 saturated carbocycles. The van der Waals surface area contributed by atoms with Crippen LogP contribution in [0.1, 0.15) is 0 Å². The molecule has 1 amide bonds. The van der Waals surface area contributed by atoms with Crippen LogP contribution in [0.5, 0.6) is 11.5 Å². The molecule has 0 heterocycles. The van der Waals surface area contributed by atoms with E-state index in [1.807, 2.05) is 38.4 Å². The molecule has 0 aromatic heterocycles. The van der Waals surface area contributed by atoms with Crippen LogP contribution in [0.25, 0.3) is 0 Å². The van der Waals surface area contributed by atoms with E-state index in [0.717, 1.165) is 11.4 Å². The lowest BCUT2D eigenvalue weighted by atomic mass is 10.2. The molecule has 2 aromatic rings. The molecule has 5 N–H and O–H groups in total. The van der Waals surface area contributed by atoms with E-state index in [9.17, 15) is 4.79 Å². The van der Waals surface area contributed by atoms with Crippen molar-refractivity contribution in [3.8, 4) is 11.5 Å². The van der Waals surface area contributed by atoms with Gasteiger partial charge in [-0.05, 0) is 36.4 Å². The topological polar surface area (TPSA) is 97.6 Å². The molecule has 0 atom stereocenters. The molecule has 0 bridgehead atoms. The average Bonchev–Trinajstić information content (AvgIpc) is 2.62. The lowest BCUT2D eigenvalue weighted by molar-refractivity contribution is -0.105. The molecule has 0 aliphatic carbocycles. The van der Waals surface area contributed by atoms with Crippen molar-refractivity contribution in [1.29, 1.82) is 0 Å². The van der Waals surface area contributed by atoms with Crippen molar-refractivity contribution in [3.05, 3.63) is 36.4 Å². The summed E-state index contributed by atoms with van der Waals surface area (Å²) in [7, 11) is 6.82. The smallest absolute Gasteiger partial charge is 0.211 e. The number of hydrogen-bond donors (Lipinski definition) is 4. The van der Waals surface area contributed by atoms with E-state index in [4.69, 9.17) is 15.2 Å². The second kappa shape index (κ2) is 9.83. The molecule has 0 radical (unpaired) electrons. The van der Waals surface area contributed by atoms with Gasteiger partial charge in [0.2, 0.25) is 6.41 Å². The Labute approximate surface area is 142 Å². The molecular formula is C17H24N4O3. The standard InChI is InChI=1S/C9H12N2O2.C8H12N2O/c1-10-7-3-4-9(13-2)8(5-7)11-6-12;1-10-6-3-4-8(11-2)7(9)5-6/h3-6,10H,1-2H3,(H,11,12);3-5,10H,9H2,1-2H3. The summed E-state index contributed by atoms with van der Waals surface area (Å²) in [4.78, 5) is 10.3. The highest BCUT2D eigenvalue weighted by Gasteiger charge is 2.01. The van der Waals surface area contributed by atoms with Gasteiger partial charge in [0.05, 0.1) is 25.6 Å². The summed E-state index contributed by atoms with van der Waals surface area (Å²) in [6.07, 6.45) is 0.622. The number of nitrogens with one attached hydrogen (secondary N) is 3. The van der Waals surface area contributed by atoms with E-state index in [1.54, 1.807) is 26.4 Å². The molecule has 7 heteroatoms. The highest BCUT2D eigenvalue weighted by Crippen LogP contribution is 2.27. The Morgan fingerprint density at radius 1 is 0.917 bits per heavy atom. The molecular weight excluding hydrogens is 308 g/mol. The number of benzene rings is 2. The van der Waals surface area contributed by atoms with Gasteiger partial charge in [-0.1, -0.05) is 0 Å². The third-order valence-corrected chi connectivity index (χ3v) is 3.22. The summed E-state index contributed by atoms with van der Waals surface area (Å²) in [5.41, 5.74) is 8.86. The minimum absolute atomic E-state index is 0.622. The average molecular weight is 332 g/mol. The minimum Gasteiger partial charge on any atom is -0.495 e. The molecule has 0 aliphatic heterocycles. The fourth-order valence-electron chi connectivity index (χ4n) is 1.93. The maximum Gasteiger partial charge on any atom is 0.211 e. The van der Waals surface area contributed by atoms with Gasteiger partial charge in [-0.2, -0.15) is 0 Å². The fraction of sp³-hybridized carbons (Fsp3) is 0.235. The number of rotatable bonds is 6. The normalized spacial score (nSPS) is 9.17. The first-order valence-corrected chi connectivity index (χ1v) is 7.26. The van der Waals surface area contributed by atoms with Gasteiger partial charge in [-0.15, -0.1) is 0 Å². The second-order valence-electron chi connectivity index (χ2n) is 4.63. The molecule has 7 nitrogen and oxygen atoms in total. The molecule has 0 aliphatic rings. The maximum absolute atomic E-state index is 10.3. The number of carbonyl (C=O) groups excluding carboxylic acids is 1. The van der Waals surface area contributed by atoms with Crippen LogP contribution < -0.4 is 31.2 Å². The zero-order valence-electron chi connectivity index (χ0n) is 14.3. The predicted molar refractivity (Wildman–Crippen MR) is 99.2 cm³/mol. The SMILES string of the molecule is CNc1ccc(OC)c(N)c1.CNc1ccc(OC)c(NC=O)c1. The van der Waals surface area contributed by atoms with Crippen LogP contribution in [0.3, 0.4) is 0 Å². The Morgan fingerprint density at radius 3 is 1.92 bits per heavy atom. The van der Waals surface area contributed by atoms with Crippen LogP contribution in [0, 0.1) is 0 Å². The van der Waals surface area contributed by atoms with Crippen LogP contribution >= 0.6 is 0 Å². The summed E-state index contributed by atoms with van der Waals surface area (Å²) in [6.45, 7) is 0. The summed E-state index contributed by atoms with van der Waals surface area (Å²) < 4.78 is 10.0. The molecule has 24 heavy (non-hydrogen) atoms. The highest BCUT2D eigenvalue weighted by molar-refractivity contribution is 5.77. The number of nitrogens with two attached hydrogens (primary N) is 1. The van der Waals surface area contributed by atoms with Gasteiger partial charge in [0.1, 0.15) is 11.5 Å². The fourth-order valence-corrected chi connectivity index (χ4v) is 1.93. The first-order valence-electron chi connectivity index (χ1n) is 7.26. The van der Waals surface area contributed by atoms with Gasteiger partial charge in [-0.3, -0.25) is 4.79 Å². The Kier molecular flexibility index (Phi) is 7.77. The Morgan fingerprint density at radius 2 is 1.46 bits per heavy atom. The van der Waals surface area contributed by atoms with E-state index in [2.05, 4.69) is 16.0 Å². The first-order chi connectivity index (χ1) is 11.6. The van der Waals surface area contributed by atoms with Crippen LogP contribution in [-0.4, -0.2) is 34.7 Å². The van der Waals surface area contributed by atoms with E-state index >= 15 is 0 Å². The largest absolute Gasteiger partial charge is 0.495 e. The van der Waals surface area contributed by atoms with E-state index in [-0.39, 0.29) is 0 Å². The highest BCUT2D eigenvalue weighted by atomic mass is 16.5. The van der Waals surface area contributed by atoms with Crippen LogP contribution in [0.4, 0.5) is 22.7 Å². The van der Waals surface area contributed by atoms with Crippen molar-refractivity contribution in [2.45, 2.75) is 0 Å². The van der Waals surface area contributed by atoms with Gasteiger partial charge < -0.3 is 31.2 Å². The maximum atomic E-state index is 10.3. The third kappa shape index (κ3) is 5.28. The zero-order chi connectivity index (χ0) is 17.9. The number of ether oxygens (including phenoxy) is 2. The molecule has 0 spiro atoms. The van der Waals surface area contributed by atoms with Crippen LogP contribution in [0.15, 0.2) is 36.4 Å². The van der Waals surface area contributed by atoms with Gasteiger partial charge >= 0.3 is 0 Å². The number of hydrogen-bond acceptors (Lipinski definition) is 6. The van der Waals surface area contributed by atoms with Gasteiger partial charge in [0, 0.05) is 25.5 Å². The van der Waals surface area contributed by atoms with Crippen LogP contribution in [-0.2, 0) is 4.79 Å².